The van der Waals surface area contributed by atoms with Crippen molar-refractivity contribution in [2.45, 2.75) is 38.6 Å². The number of nitrogens with two attached hydrogens (primary N) is 1. The van der Waals surface area contributed by atoms with Crippen LogP contribution >= 0.6 is 0 Å². The third-order valence-corrected chi connectivity index (χ3v) is 3.98. The van der Waals surface area contributed by atoms with Crippen LogP contribution in [0.1, 0.15) is 32.6 Å². The number of ether oxygens (including phenoxy) is 1. The SMILES string of the molecule is COc1ccc(NC(C)=O)c(NC(=O)C[C@@H]2CCC[C@H]2N)c1. The van der Waals surface area contributed by atoms with Crippen LogP contribution in [0.5, 0.6) is 5.75 Å². The summed E-state index contributed by atoms with van der Waals surface area (Å²) in [6, 6.07) is 5.23. The molecule has 6 nitrogen and oxygen atoms in total. The largest absolute Gasteiger partial charge is 0.497 e. The Bertz CT molecular complexity index is 560. The standard InChI is InChI=1S/C16H23N3O3/c1-10(20)18-14-7-6-12(22-2)9-15(14)19-16(21)8-11-4-3-5-13(11)17/h6-7,9,11,13H,3-5,8,17H2,1-2H3,(H,18,20)(H,19,21)/t11-,13+/m0/s1. The molecule has 0 aliphatic heterocycles. The Hall–Kier alpha value is -2.08. The Labute approximate surface area is 130 Å². The van der Waals surface area contributed by atoms with Crippen LogP contribution in [0.25, 0.3) is 0 Å². The first kappa shape index (κ1) is 16.3. The minimum Gasteiger partial charge on any atom is -0.497 e. The van der Waals surface area contributed by atoms with E-state index in [1.807, 2.05) is 0 Å². The molecule has 2 amide bonds. The zero-order valence-corrected chi connectivity index (χ0v) is 13.0. The second-order valence-electron chi connectivity index (χ2n) is 5.70. The summed E-state index contributed by atoms with van der Waals surface area (Å²) in [6.07, 6.45) is 3.45. The van der Waals surface area contributed by atoms with E-state index in [1.54, 1.807) is 25.3 Å². The van der Waals surface area contributed by atoms with Crippen molar-refractivity contribution in [3.8, 4) is 5.75 Å². The fourth-order valence-corrected chi connectivity index (χ4v) is 2.81. The molecule has 2 atom stereocenters. The topological polar surface area (TPSA) is 93.5 Å². The Morgan fingerprint density at radius 1 is 1.27 bits per heavy atom. The second-order valence-corrected chi connectivity index (χ2v) is 5.70. The van der Waals surface area contributed by atoms with Gasteiger partial charge in [0, 0.05) is 25.5 Å². The fourth-order valence-electron chi connectivity index (χ4n) is 2.81. The van der Waals surface area contributed by atoms with Crippen LogP contribution in [0.2, 0.25) is 0 Å². The van der Waals surface area contributed by atoms with Gasteiger partial charge in [-0.1, -0.05) is 6.42 Å². The van der Waals surface area contributed by atoms with E-state index in [2.05, 4.69) is 10.6 Å². The van der Waals surface area contributed by atoms with E-state index < -0.39 is 0 Å². The molecule has 1 aliphatic rings. The van der Waals surface area contributed by atoms with Crippen molar-refractivity contribution in [1.82, 2.24) is 0 Å². The number of hydrogen-bond donors (Lipinski definition) is 3. The summed E-state index contributed by atoms with van der Waals surface area (Å²) >= 11 is 0. The average molecular weight is 305 g/mol. The normalized spacial score (nSPS) is 20.5. The molecule has 0 unspecified atom stereocenters. The zero-order valence-electron chi connectivity index (χ0n) is 13.0. The Morgan fingerprint density at radius 3 is 2.64 bits per heavy atom. The van der Waals surface area contributed by atoms with Crippen molar-refractivity contribution in [2.75, 3.05) is 17.7 Å². The lowest BCUT2D eigenvalue weighted by molar-refractivity contribution is -0.117. The molecule has 1 aromatic carbocycles. The van der Waals surface area contributed by atoms with Crippen molar-refractivity contribution in [3.63, 3.8) is 0 Å². The van der Waals surface area contributed by atoms with Gasteiger partial charge in [-0.15, -0.1) is 0 Å². The molecule has 120 valence electrons. The number of carbonyl (C=O) groups is 2. The van der Waals surface area contributed by atoms with Crippen LogP contribution in [0.15, 0.2) is 18.2 Å². The summed E-state index contributed by atoms with van der Waals surface area (Å²) in [5.41, 5.74) is 7.09. The van der Waals surface area contributed by atoms with Crippen molar-refractivity contribution in [2.24, 2.45) is 11.7 Å². The van der Waals surface area contributed by atoms with Crippen molar-refractivity contribution in [3.05, 3.63) is 18.2 Å². The van der Waals surface area contributed by atoms with E-state index in [4.69, 9.17) is 10.5 Å². The van der Waals surface area contributed by atoms with Gasteiger partial charge in [-0.3, -0.25) is 9.59 Å². The molecule has 6 heteroatoms. The predicted molar refractivity (Wildman–Crippen MR) is 85.9 cm³/mol. The minimum absolute atomic E-state index is 0.0952. The van der Waals surface area contributed by atoms with Gasteiger partial charge in [-0.2, -0.15) is 0 Å². The van der Waals surface area contributed by atoms with Gasteiger partial charge in [0.2, 0.25) is 11.8 Å². The lowest BCUT2D eigenvalue weighted by atomic mass is 10.00. The zero-order chi connectivity index (χ0) is 16.1. The Balaban J connectivity index is 2.08. The van der Waals surface area contributed by atoms with Crippen molar-refractivity contribution in [1.29, 1.82) is 0 Å². The first-order valence-corrected chi connectivity index (χ1v) is 7.50. The number of hydrogen-bond acceptors (Lipinski definition) is 4. The van der Waals surface area contributed by atoms with Crippen LogP contribution < -0.4 is 21.1 Å². The molecule has 22 heavy (non-hydrogen) atoms. The molecule has 0 radical (unpaired) electrons. The maximum atomic E-state index is 12.2. The first-order chi connectivity index (χ1) is 10.5. The smallest absolute Gasteiger partial charge is 0.224 e. The lowest BCUT2D eigenvalue weighted by Crippen LogP contribution is -2.28. The Morgan fingerprint density at radius 2 is 2.05 bits per heavy atom. The molecule has 1 aliphatic carbocycles. The van der Waals surface area contributed by atoms with E-state index in [-0.39, 0.29) is 23.8 Å². The Kier molecular flexibility index (Phi) is 5.38. The van der Waals surface area contributed by atoms with Gasteiger partial charge in [0.15, 0.2) is 0 Å². The highest BCUT2D eigenvalue weighted by Crippen LogP contribution is 2.30. The van der Waals surface area contributed by atoms with E-state index in [0.29, 0.717) is 23.5 Å². The summed E-state index contributed by atoms with van der Waals surface area (Å²) in [6.45, 7) is 1.42. The molecule has 2 rings (SSSR count). The molecule has 0 bridgehead atoms. The van der Waals surface area contributed by atoms with Crippen LogP contribution in [0.4, 0.5) is 11.4 Å². The summed E-state index contributed by atoms with van der Waals surface area (Å²) in [4.78, 5) is 23.5. The summed E-state index contributed by atoms with van der Waals surface area (Å²) in [7, 11) is 1.55. The minimum atomic E-state index is -0.196. The van der Waals surface area contributed by atoms with Crippen LogP contribution in [-0.2, 0) is 9.59 Å². The van der Waals surface area contributed by atoms with Gasteiger partial charge < -0.3 is 21.1 Å². The van der Waals surface area contributed by atoms with Gasteiger partial charge in [0.25, 0.3) is 0 Å². The number of anilines is 2. The molecule has 0 spiro atoms. The highest BCUT2D eigenvalue weighted by molar-refractivity contribution is 5.99. The van der Waals surface area contributed by atoms with Crippen LogP contribution in [-0.4, -0.2) is 25.0 Å². The molecule has 0 saturated heterocycles. The van der Waals surface area contributed by atoms with Crippen LogP contribution in [0.3, 0.4) is 0 Å². The van der Waals surface area contributed by atoms with Gasteiger partial charge in [0.1, 0.15) is 5.75 Å². The predicted octanol–water partition coefficient (Wildman–Crippen LogP) is 2.11. The number of benzene rings is 1. The third-order valence-electron chi connectivity index (χ3n) is 3.98. The van der Waals surface area contributed by atoms with E-state index in [1.165, 1.54) is 6.92 Å². The maximum Gasteiger partial charge on any atom is 0.224 e. The number of carbonyl (C=O) groups excluding carboxylic acids is 2. The summed E-state index contributed by atoms with van der Waals surface area (Å²) in [5, 5.41) is 5.55. The highest BCUT2D eigenvalue weighted by atomic mass is 16.5. The van der Waals surface area contributed by atoms with Crippen molar-refractivity contribution < 1.29 is 14.3 Å². The number of amides is 2. The number of nitrogens with one attached hydrogen (secondary N) is 2. The van der Waals surface area contributed by atoms with Gasteiger partial charge in [-0.05, 0) is 30.9 Å². The lowest BCUT2D eigenvalue weighted by Gasteiger charge is -2.17. The number of methoxy groups -OCH3 is 1. The van der Waals surface area contributed by atoms with Crippen LogP contribution in [0, 0.1) is 5.92 Å². The second kappa shape index (κ2) is 7.26. The van der Waals surface area contributed by atoms with E-state index >= 15 is 0 Å². The van der Waals surface area contributed by atoms with Gasteiger partial charge >= 0.3 is 0 Å². The molecular formula is C16H23N3O3. The summed E-state index contributed by atoms with van der Waals surface area (Å²) in [5.74, 6) is 0.553. The quantitative estimate of drug-likeness (QED) is 0.776. The van der Waals surface area contributed by atoms with E-state index in [0.717, 1.165) is 19.3 Å². The fraction of sp³-hybridized carbons (Fsp3) is 0.500. The van der Waals surface area contributed by atoms with E-state index in [9.17, 15) is 9.59 Å². The number of rotatable bonds is 5. The summed E-state index contributed by atoms with van der Waals surface area (Å²) < 4.78 is 5.16. The average Bonchev–Trinajstić information content (AvgIpc) is 2.85. The third kappa shape index (κ3) is 4.21. The molecule has 4 N–H and O–H groups in total. The van der Waals surface area contributed by atoms with Gasteiger partial charge in [-0.25, -0.2) is 0 Å². The van der Waals surface area contributed by atoms with Gasteiger partial charge in [0.05, 0.1) is 18.5 Å². The molecule has 1 aromatic rings. The maximum absolute atomic E-state index is 12.2. The highest BCUT2D eigenvalue weighted by Gasteiger charge is 2.26. The first-order valence-electron chi connectivity index (χ1n) is 7.50. The molecule has 0 aromatic heterocycles. The molecule has 0 heterocycles. The molecule has 1 saturated carbocycles. The monoisotopic (exact) mass is 305 g/mol. The molecular weight excluding hydrogens is 282 g/mol. The van der Waals surface area contributed by atoms with Crippen molar-refractivity contribution >= 4 is 23.2 Å². The molecule has 1 fully saturated rings.